The van der Waals surface area contributed by atoms with Crippen LogP contribution in [0.5, 0.6) is 0 Å². The van der Waals surface area contributed by atoms with Crippen LogP contribution in [0.2, 0.25) is 0 Å². The summed E-state index contributed by atoms with van der Waals surface area (Å²) in [7, 11) is 0. The smallest absolute Gasteiger partial charge is 0.147 e. The van der Waals surface area contributed by atoms with Crippen molar-refractivity contribution in [3.63, 3.8) is 0 Å². The van der Waals surface area contributed by atoms with Crippen LogP contribution in [0, 0.1) is 3.57 Å². The van der Waals surface area contributed by atoms with Crippen molar-refractivity contribution in [1.82, 2.24) is 0 Å². The van der Waals surface area contributed by atoms with Gasteiger partial charge in [0.15, 0.2) is 0 Å². The molecule has 0 radical (unpaired) electrons. The number of rotatable bonds is 4. The number of furan rings is 1. The first kappa shape index (κ1) is 15.9. The summed E-state index contributed by atoms with van der Waals surface area (Å²) in [5, 5.41) is 0. The molecular weight excluding hydrogens is 411 g/mol. The molecule has 0 aliphatic heterocycles. The highest BCUT2D eigenvalue weighted by Crippen LogP contribution is 2.42. The van der Waals surface area contributed by atoms with E-state index in [2.05, 4.69) is 71.1 Å². The molecule has 3 aromatic rings. The normalized spacial score (nSPS) is 16.8. The van der Waals surface area contributed by atoms with E-state index in [1.807, 2.05) is 12.1 Å². The number of aryl methyl sites for hydroxylation is 1. The number of ether oxygens (including phenoxy) is 1. The number of halogens is 1. The van der Waals surface area contributed by atoms with E-state index in [9.17, 15) is 0 Å². The van der Waals surface area contributed by atoms with Crippen LogP contribution in [0.4, 0.5) is 0 Å². The molecule has 1 aliphatic carbocycles. The van der Waals surface area contributed by atoms with Gasteiger partial charge in [-0.2, -0.15) is 0 Å². The highest BCUT2D eigenvalue weighted by molar-refractivity contribution is 14.1. The minimum atomic E-state index is 0.127. The van der Waals surface area contributed by atoms with Crippen LogP contribution >= 0.6 is 22.6 Å². The van der Waals surface area contributed by atoms with Gasteiger partial charge in [-0.25, -0.2) is 0 Å². The monoisotopic (exact) mass is 430 g/mol. The first-order chi connectivity index (χ1) is 11.8. The lowest BCUT2D eigenvalue weighted by molar-refractivity contribution is 0.0263. The van der Waals surface area contributed by atoms with Crippen LogP contribution in [0.1, 0.15) is 35.8 Å². The Kier molecular flexibility index (Phi) is 4.72. The molecule has 1 unspecified atom stereocenters. The Bertz CT molecular complexity index is 809. The van der Waals surface area contributed by atoms with E-state index in [1.165, 1.54) is 14.7 Å². The molecule has 0 saturated heterocycles. The van der Waals surface area contributed by atoms with E-state index >= 15 is 0 Å². The molecule has 0 spiro atoms. The minimum absolute atomic E-state index is 0.127. The summed E-state index contributed by atoms with van der Waals surface area (Å²) in [5.74, 6) is 2.08. The largest absolute Gasteiger partial charge is 0.460 e. The molecule has 122 valence electrons. The molecule has 2 nitrogen and oxygen atoms in total. The molecule has 0 saturated carbocycles. The fourth-order valence-electron chi connectivity index (χ4n) is 3.28. The molecular formula is C21H19IO2. The lowest BCUT2D eigenvalue weighted by Gasteiger charge is -2.22. The van der Waals surface area contributed by atoms with Gasteiger partial charge in [-0.3, -0.25) is 0 Å². The molecule has 0 amide bonds. The standard InChI is InChI=1S/C21H19IO2/c22-20-19-17(23-14-15-8-3-1-4-9-15)12-7-13-18(19)24-21(20)16-10-5-2-6-11-16/h1-6,8-11,17H,7,12-14H2. The average molecular weight is 430 g/mol. The van der Waals surface area contributed by atoms with Crippen molar-refractivity contribution in [3.05, 3.63) is 81.1 Å². The van der Waals surface area contributed by atoms with Crippen LogP contribution in [-0.2, 0) is 17.8 Å². The predicted octanol–water partition coefficient (Wildman–Crippen LogP) is 6.15. The molecule has 4 rings (SSSR count). The molecule has 1 aromatic heterocycles. The van der Waals surface area contributed by atoms with Crippen molar-refractivity contribution < 1.29 is 9.15 Å². The van der Waals surface area contributed by atoms with Crippen LogP contribution in [0.3, 0.4) is 0 Å². The Hall–Kier alpha value is -1.59. The van der Waals surface area contributed by atoms with Gasteiger partial charge in [0.2, 0.25) is 0 Å². The number of hydrogen-bond acceptors (Lipinski definition) is 2. The van der Waals surface area contributed by atoms with Crippen molar-refractivity contribution in [2.75, 3.05) is 0 Å². The Morgan fingerprint density at radius 3 is 2.46 bits per heavy atom. The molecule has 0 N–H and O–H groups in total. The second kappa shape index (κ2) is 7.11. The van der Waals surface area contributed by atoms with Crippen LogP contribution < -0.4 is 0 Å². The van der Waals surface area contributed by atoms with Gasteiger partial charge >= 0.3 is 0 Å². The quantitative estimate of drug-likeness (QED) is 0.464. The molecule has 1 aliphatic rings. The zero-order valence-corrected chi connectivity index (χ0v) is 15.5. The van der Waals surface area contributed by atoms with Gasteiger partial charge in [0.25, 0.3) is 0 Å². The van der Waals surface area contributed by atoms with E-state index < -0.39 is 0 Å². The lowest BCUT2D eigenvalue weighted by Crippen LogP contribution is -2.12. The van der Waals surface area contributed by atoms with Crippen molar-refractivity contribution in [2.45, 2.75) is 32.0 Å². The Morgan fingerprint density at radius 1 is 1.00 bits per heavy atom. The van der Waals surface area contributed by atoms with Crippen LogP contribution in [-0.4, -0.2) is 0 Å². The third-order valence-electron chi connectivity index (χ3n) is 4.48. The number of hydrogen-bond donors (Lipinski definition) is 0. The van der Waals surface area contributed by atoms with E-state index in [1.54, 1.807) is 0 Å². The third kappa shape index (κ3) is 3.15. The topological polar surface area (TPSA) is 22.4 Å². The molecule has 0 bridgehead atoms. The Labute approximate surface area is 156 Å². The summed E-state index contributed by atoms with van der Waals surface area (Å²) in [6.45, 7) is 0.646. The van der Waals surface area contributed by atoms with Gasteiger partial charge in [0, 0.05) is 17.5 Å². The Balaban J connectivity index is 1.61. The van der Waals surface area contributed by atoms with Gasteiger partial charge in [-0.05, 0) is 41.0 Å². The van der Waals surface area contributed by atoms with Gasteiger partial charge < -0.3 is 9.15 Å². The zero-order chi connectivity index (χ0) is 16.4. The molecule has 24 heavy (non-hydrogen) atoms. The molecule has 1 heterocycles. The fourth-order valence-corrected chi connectivity index (χ4v) is 4.35. The predicted molar refractivity (Wildman–Crippen MR) is 104 cm³/mol. The Morgan fingerprint density at radius 2 is 1.71 bits per heavy atom. The third-order valence-corrected chi connectivity index (χ3v) is 5.55. The summed E-state index contributed by atoms with van der Waals surface area (Å²) in [6.07, 6.45) is 3.30. The van der Waals surface area contributed by atoms with E-state index in [0.717, 1.165) is 36.3 Å². The highest BCUT2D eigenvalue weighted by atomic mass is 127. The maximum Gasteiger partial charge on any atom is 0.147 e. The average Bonchev–Trinajstić information content (AvgIpc) is 2.99. The van der Waals surface area contributed by atoms with Gasteiger partial charge in [0.1, 0.15) is 11.5 Å². The summed E-state index contributed by atoms with van der Waals surface area (Å²) in [5.41, 5.74) is 3.61. The van der Waals surface area contributed by atoms with Gasteiger partial charge in [-0.15, -0.1) is 0 Å². The van der Waals surface area contributed by atoms with Crippen molar-refractivity contribution >= 4 is 22.6 Å². The summed E-state index contributed by atoms with van der Waals surface area (Å²) in [4.78, 5) is 0. The summed E-state index contributed by atoms with van der Waals surface area (Å²) < 4.78 is 13.7. The van der Waals surface area contributed by atoms with Gasteiger partial charge in [0.05, 0.1) is 16.3 Å². The molecule has 3 heteroatoms. The zero-order valence-electron chi connectivity index (χ0n) is 13.4. The maximum atomic E-state index is 6.26. The second-order valence-corrected chi connectivity index (χ2v) is 7.20. The highest BCUT2D eigenvalue weighted by Gasteiger charge is 2.29. The fraction of sp³-hybridized carbons (Fsp3) is 0.238. The van der Waals surface area contributed by atoms with E-state index in [-0.39, 0.29) is 6.10 Å². The number of benzene rings is 2. The molecule has 2 aromatic carbocycles. The first-order valence-electron chi connectivity index (χ1n) is 8.35. The maximum absolute atomic E-state index is 6.26. The minimum Gasteiger partial charge on any atom is -0.460 e. The van der Waals surface area contributed by atoms with Crippen molar-refractivity contribution in [3.8, 4) is 11.3 Å². The van der Waals surface area contributed by atoms with Crippen molar-refractivity contribution in [1.29, 1.82) is 0 Å². The summed E-state index contributed by atoms with van der Waals surface area (Å²) in [6, 6.07) is 20.7. The van der Waals surface area contributed by atoms with Gasteiger partial charge in [-0.1, -0.05) is 60.7 Å². The SMILES string of the molecule is Ic1c(-c2ccccc2)oc2c1C(OCc1ccccc1)CCC2. The number of fused-ring (bicyclic) bond motifs is 1. The van der Waals surface area contributed by atoms with Crippen LogP contribution in [0.15, 0.2) is 65.1 Å². The van der Waals surface area contributed by atoms with E-state index in [4.69, 9.17) is 9.15 Å². The second-order valence-electron chi connectivity index (χ2n) is 6.13. The molecule has 1 atom stereocenters. The molecule has 0 fully saturated rings. The lowest BCUT2D eigenvalue weighted by atomic mass is 9.95. The van der Waals surface area contributed by atoms with Crippen molar-refractivity contribution in [2.24, 2.45) is 0 Å². The van der Waals surface area contributed by atoms with E-state index in [0.29, 0.717) is 6.61 Å². The van der Waals surface area contributed by atoms with Crippen LogP contribution in [0.25, 0.3) is 11.3 Å². The first-order valence-corrected chi connectivity index (χ1v) is 9.43. The summed E-state index contributed by atoms with van der Waals surface area (Å²) >= 11 is 2.42.